The highest BCUT2D eigenvalue weighted by atomic mass is 32.1. The van der Waals surface area contributed by atoms with Gasteiger partial charge in [0.05, 0.1) is 13.2 Å². The van der Waals surface area contributed by atoms with E-state index in [-0.39, 0.29) is 29.1 Å². The largest absolute Gasteiger partial charge is 0.488 e. The summed E-state index contributed by atoms with van der Waals surface area (Å²) < 4.78 is 27.5. The van der Waals surface area contributed by atoms with Crippen LogP contribution in [0, 0.1) is 6.92 Å². The number of benzene rings is 2. The molecule has 4 rings (SSSR count). The second-order valence-electron chi connectivity index (χ2n) is 8.04. The zero-order valence-electron chi connectivity index (χ0n) is 21.2. The molecular formula is C26H26N4O7S. The van der Waals surface area contributed by atoms with E-state index in [0.29, 0.717) is 35.6 Å². The van der Waals surface area contributed by atoms with Crippen LogP contribution in [0.4, 0.5) is 5.13 Å². The highest BCUT2D eigenvalue weighted by molar-refractivity contribution is 7.14. The molecule has 1 atom stereocenters. The molecule has 4 aromatic rings. The molecule has 0 saturated carbocycles. The molecule has 0 bridgehead atoms. The summed E-state index contributed by atoms with van der Waals surface area (Å²) in [5.74, 6) is 1.20. The highest BCUT2D eigenvalue weighted by Crippen LogP contribution is 2.30. The van der Waals surface area contributed by atoms with Gasteiger partial charge < -0.3 is 23.4 Å². The van der Waals surface area contributed by atoms with Gasteiger partial charge in [0.1, 0.15) is 23.4 Å². The maximum atomic E-state index is 13.1. The first-order valence-corrected chi connectivity index (χ1v) is 12.6. The number of nitrogens with zero attached hydrogens (tertiary/aromatic N) is 3. The minimum Gasteiger partial charge on any atom is -0.488 e. The third kappa shape index (κ3) is 6.93. The molecule has 38 heavy (non-hydrogen) atoms. The topological polar surface area (TPSA) is 135 Å². The summed E-state index contributed by atoms with van der Waals surface area (Å²) in [6.07, 6.45) is -0.269. The standard InChI is InChI=1S/C26H26N4O7S/c1-5-34-25(32)22-14-38-26(27-22)28-23(31)18-10-20(35-15(2)13-33-4)12-21(11-18)37-19-8-6-17(7-9-19)24-30-29-16(3)36-24/h6-12,14-15H,5,13H2,1-4H3,(H,27,28,31). The van der Waals surface area contributed by atoms with Crippen molar-refractivity contribution in [3.05, 3.63) is 65.0 Å². The fourth-order valence-corrected chi connectivity index (χ4v) is 4.02. The summed E-state index contributed by atoms with van der Waals surface area (Å²) in [6.45, 7) is 5.87. The van der Waals surface area contributed by atoms with Crippen LogP contribution < -0.4 is 14.8 Å². The van der Waals surface area contributed by atoms with E-state index in [4.69, 9.17) is 23.4 Å². The van der Waals surface area contributed by atoms with Crippen molar-refractivity contribution in [2.24, 2.45) is 0 Å². The van der Waals surface area contributed by atoms with E-state index < -0.39 is 11.9 Å². The molecule has 2 heterocycles. The quantitative estimate of drug-likeness (QED) is 0.256. The third-order valence-corrected chi connectivity index (χ3v) is 5.71. The summed E-state index contributed by atoms with van der Waals surface area (Å²) in [4.78, 5) is 29.1. The second-order valence-corrected chi connectivity index (χ2v) is 8.90. The lowest BCUT2D eigenvalue weighted by atomic mass is 10.1. The number of anilines is 1. The van der Waals surface area contributed by atoms with Crippen LogP contribution in [0.2, 0.25) is 0 Å². The number of ether oxygens (including phenoxy) is 4. The first kappa shape index (κ1) is 26.8. The molecule has 0 aliphatic carbocycles. The number of amides is 1. The summed E-state index contributed by atoms with van der Waals surface area (Å²) >= 11 is 1.12. The van der Waals surface area contributed by atoms with Crippen molar-refractivity contribution in [2.45, 2.75) is 26.9 Å². The number of rotatable bonds is 11. The Morgan fingerprint density at radius 1 is 1.08 bits per heavy atom. The molecule has 12 heteroatoms. The predicted molar refractivity (Wildman–Crippen MR) is 139 cm³/mol. The molecule has 2 aromatic carbocycles. The average molecular weight is 539 g/mol. The number of hydrogen-bond acceptors (Lipinski definition) is 11. The number of esters is 1. The molecule has 1 amide bonds. The monoisotopic (exact) mass is 538 g/mol. The normalized spacial score (nSPS) is 11.6. The fraction of sp³-hybridized carbons (Fsp3) is 0.269. The molecule has 0 fully saturated rings. The Hall–Kier alpha value is -4.29. The van der Waals surface area contributed by atoms with Crippen molar-refractivity contribution in [1.82, 2.24) is 15.2 Å². The van der Waals surface area contributed by atoms with E-state index in [2.05, 4.69) is 20.5 Å². The van der Waals surface area contributed by atoms with Gasteiger partial charge in [-0.15, -0.1) is 21.5 Å². The lowest BCUT2D eigenvalue weighted by Crippen LogP contribution is -2.18. The maximum absolute atomic E-state index is 13.1. The Morgan fingerprint density at radius 3 is 2.53 bits per heavy atom. The molecule has 0 saturated heterocycles. The summed E-state index contributed by atoms with van der Waals surface area (Å²) in [6, 6.07) is 11.9. The van der Waals surface area contributed by atoms with Crippen molar-refractivity contribution in [2.75, 3.05) is 25.6 Å². The molecule has 198 valence electrons. The first-order valence-electron chi connectivity index (χ1n) is 11.7. The van der Waals surface area contributed by atoms with Crippen LogP contribution in [0.25, 0.3) is 11.5 Å². The minimum absolute atomic E-state index is 0.126. The summed E-state index contributed by atoms with van der Waals surface area (Å²) in [5.41, 5.74) is 1.14. The molecule has 11 nitrogen and oxygen atoms in total. The van der Waals surface area contributed by atoms with Crippen LogP contribution >= 0.6 is 11.3 Å². The van der Waals surface area contributed by atoms with Gasteiger partial charge in [0.15, 0.2) is 10.8 Å². The molecular weight excluding hydrogens is 512 g/mol. The van der Waals surface area contributed by atoms with Crippen molar-refractivity contribution in [3.8, 4) is 28.7 Å². The number of carbonyl (C=O) groups is 2. The van der Waals surface area contributed by atoms with Gasteiger partial charge in [-0.3, -0.25) is 10.1 Å². The number of nitrogens with one attached hydrogen (secondary N) is 1. The number of hydrogen-bond donors (Lipinski definition) is 1. The van der Waals surface area contributed by atoms with E-state index in [9.17, 15) is 9.59 Å². The predicted octanol–water partition coefficient (Wildman–Crippen LogP) is 5.14. The Kier molecular flexibility index (Phi) is 8.66. The maximum Gasteiger partial charge on any atom is 0.357 e. The average Bonchev–Trinajstić information content (AvgIpc) is 3.54. The third-order valence-electron chi connectivity index (χ3n) is 4.95. The zero-order valence-corrected chi connectivity index (χ0v) is 22.0. The summed E-state index contributed by atoms with van der Waals surface area (Å²) in [5, 5.41) is 12.3. The van der Waals surface area contributed by atoms with Gasteiger partial charge in [-0.2, -0.15) is 0 Å². The number of methoxy groups -OCH3 is 1. The molecule has 2 aromatic heterocycles. The lowest BCUT2D eigenvalue weighted by Gasteiger charge is -2.16. The van der Waals surface area contributed by atoms with Crippen LogP contribution in [0.1, 0.15) is 40.6 Å². The molecule has 1 unspecified atom stereocenters. The fourth-order valence-electron chi connectivity index (χ4n) is 3.34. The van der Waals surface area contributed by atoms with E-state index in [1.807, 2.05) is 6.92 Å². The smallest absolute Gasteiger partial charge is 0.357 e. The van der Waals surface area contributed by atoms with Crippen LogP contribution in [0.15, 0.2) is 52.3 Å². The lowest BCUT2D eigenvalue weighted by molar-refractivity contribution is 0.0520. The Bertz CT molecular complexity index is 1400. The van der Waals surface area contributed by atoms with Crippen LogP contribution in [0.5, 0.6) is 17.2 Å². The molecule has 0 spiro atoms. The van der Waals surface area contributed by atoms with Crippen molar-refractivity contribution in [3.63, 3.8) is 0 Å². The van der Waals surface area contributed by atoms with Gasteiger partial charge in [0.25, 0.3) is 5.91 Å². The SMILES string of the molecule is CCOC(=O)c1csc(NC(=O)c2cc(Oc3ccc(-c4nnc(C)o4)cc3)cc(OC(C)COC)c2)n1. The number of carbonyl (C=O) groups excluding carboxylic acids is 2. The number of aryl methyl sites for hydroxylation is 1. The van der Waals surface area contributed by atoms with Crippen molar-refractivity contribution >= 4 is 28.3 Å². The Balaban J connectivity index is 1.55. The van der Waals surface area contributed by atoms with Gasteiger partial charge in [0.2, 0.25) is 11.8 Å². The van der Waals surface area contributed by atoms with Crippen molar-refractivity contribution < 1.29 is 33.0 Å². The molecule has 0 radical (unpaired) electrons. The van der Waals surface area contributed by atoms with Crippen LogP contribution in [0.3, 0.4) is 0 Å². The van der Waals surface area contributed by atoms with Gasteiger partial charge >= 0.3 is 5.97 Å². The first-order chi connectivity index (χ1) is 18.3. The number of thiazole rings is 1. The van der Waals surface area contributed by atoms with E-state index >= 15 is 0 Å². The van der Waals surface area contributed by atoms with E-state index in [1.165, 1.54) is 5.38 Å². The van der Waals surface area contributed by atoms with E-state index in [0.717, 1.165) is 16.9 Å². The van der Waals surface area contributed by atoms with Crippen molar-refractivity contribution in [1.29, 1.82) is 0 Å². The highest BCUT2D eigenvalue weighted by Gasteiger charge is 2.17. The Labute approximate surface area is 222 Å². The molecule has 1 N–H and O–H groups in total. The zero-order chi connectivity index (χ0) is 27.1. The van der Waals surface area contributed by atoms with Crippen LogP contribution in [-0.4, -0.2) is 53.5 Å². The molecule has 0 aliphatic heterocycles. The molecule has 0 aliphatic rings. The Morgan fingerprint density at radius 2 is 1.84 bits per heavy atom. The number of aromatic nitrogens is 3. The van der Waals surface area contributed by atoms with E-state index in [1.54, 1.807) is 63.4 Å². The summed E-state index contributed by atoms with van der Waals surface area (Å²) in [7, 11) is 1.58. The van der Waals surface area contributed by atoms with Gasteiger partial charge in [-0.1, -0.05) is 0 Å². The second kappa shape index (κ2) is 12.3. The van der Waals surface area contributed by atoms with Gasteiger partial charge in [-0.25, -0.2) is 9.78 Å². The minimum atomic E-state index is -0.553. The van der Waals surface area contributed by atoms with Gasteiger partial charge in [0, 0.05) is 36.6 Å². The van der Waals surface area contributed by atoms with Gasteiger partial charge in [-0.05, 0) is 50.2 Å². The van der Waals surface area contributed by atoms with Crippen LogP contribution in [-0.2, 0) is 9.47 Å².